The third kappa shape index (κ3) is 6.09. The first-order valence-corrected chi connectivity index (χ1v) is 19.8. The van der Waals surface area contributed by atoms with E-state index in [9.17, 15) is 0 Å². The zero-order valence-corrected chi connectivity index (χ0v) is 31.7. The fourth-order valence-corrected chi connectivity index (χ4v) is 8.48. The summed E-state index contributed by atoms with van der Waals surface area (Å²) in [6.45, 7) is 0. The van der Waals surface area contributed by atoms with Gasteiger partial charge in [-0.1, -0.05) is 194 Å². The molecule has 0 radical (unpaired) electrons. The van der Waals surface area contributed by atoms with Gasteiger partial charge in [0.1, 0.15) is 0 Å². The van der Waals surface area contributed by atoms with Crippen molar-refractivity contribution in [2.24, 2.45) is 0 Å². The number of nitrogens with zero attached hydrogens (tertiary/aromatic N) is 2. The quantitative estimate of drug-likeness (QED) is 0.125. The van der Waals surface area contributed by atoms with Crippen LogP contribution in [0.1, 0.15) is 0 Å². The molecule has 0 unspecified atom stereocenters. The van der Waals surface area contributed by atoms with E-state index in [0.29, 0.717) is 5.82 Å². The molecule has 11 rings (SSSR count). The number of rotatable bonds is 6. The summed E-state index contributed by atoms with van der Waals surface area (Å²) >= 11 is 0. The van der Waals surface area contributed by atoms with Gasteiger partial charge in [-0.25, -0.2) is 9.97 Å². The Labute approximate surface area is 337 Å². The molecule has 0 amide bonds. The molecule has 0 aliphatic carbocycles. The summed E-state index contributed by atoms with van der Waals surface area (Å²) in [5.74, 6) is 0.706. The lowest BCUT2D eigenvalue weighted by atomic mass is 9.89. The van der Waals surface area contributed by atoms with Crippen LogP contribution in [-0.4, -0.2) is 9.97 Å². The molecule has 0 saturated carbocycles. The Morgan fingerprint density at radius 1 is 0.224 bits per heavy atom. The van der Waals surface area contributed by atoms with Gasteiger partial charge in [0.15, 0.2) is 5.82 Å². The van der Waals surface area contributed by atoms with Crippen molar-refractivity contribution in [3.63, 3.8) is 0 Å². The standard InChI is InChI=1S/C56H36N2/c1-2-13-43(14-3-1)56-57-53(36-54(58-56)48-18-10-17-45(34-48)46-30-25-37-11-4-5-15-44(37)33-46)41-26-21-38(22-27-41)39-23-28-42(29-24-39)55-50-20-9-7-16-47(50)35-52-49-19-8-6-12-40(49)31-32-51(52)55/h1-36H. The molecule has 0 saturated heterocycles. The van der Waals surface area contributed by atoms with E-state index in [1.807, 2.05) is 18.2 Å². The predicted molar refractivity (Wildman–Crippen MR) is 245 cm³/mol. The number of fused-ring (bicyclic) bond motifs is 5. The fraction of sp³-hybridized carbons (Fsp3) is 0. The van der Waals surface area contributed by atoms with Crippen LogP contribution in [0.15, 0.2) is 218 Å². The Balaban J connectivity index is 0.949. The van der Waals surface area contributed by atoms with Crippen molar-refractivity contribution in [3.05, 3.63) is 218 Å². The first-order valence-electron chi connectivity index (χ1n) is 19.8. The summed E-state index contributed by atoms with van der Waals surface area (Å²) in [5, 5.41) is 10.1. The van der Waals surface area contributed by atoms with Gasteiger partial charge in [-0.2, -0.15) is 0 Å². The average Bonchev–Trinajstić information content (AvgIpc) is 3.31. The van der Waals surface area contributed by atoms with Gasteiger partial charge in [-0.15, -0.1) is 0 Å². The SMILES string of the molecule is c1ccc(-c2nc(-c3ccc(-c4ccc(-c5c6ccccc6cc6c5ccc5ccccc56)cc4)cc3)cc(-c3cccc(-c4ccc5ccccc5c4)c3)n2)cc1. The van der Waals surface area contributed by atoms with E-state index in [0.717, 1.165) is 39.2 Å². The summed E-state index contributed by atoms with van der Waals surface area (Å²) in [4.78, 5) is 10.2. The van der Waals surface area contributed by atoms with E-state index in [1.54, 1.807) is 0 Å². The Morgan fingerprint density at radius 2 is 0.759 bits per heavy atom. The van der Waals surface area contributed by atoms with Gasteiger partial charge < -0.3 is 0 Å². The van der Waals surface area contributed by atoms with E-state index in [2.05, 4.69) is 200 Å². The van der Waals surface area contributed by atoms with Crippen molar-refractivity contribution >= 4 is 43.1 Å². The lowest BCUT2D eigenvalue weighted by Crippen LogP contribution is -1.96. The smallest absolute Gasteiger partial charge is 0.160 e. The van der Waals surface area contributed by atoms with E-state index in [-0.39, 0.29) is 0 Å². The molecule has 0 fully saturated rings. The number of benzene rings is 10. The fourth-order valence-electron chi connectivity index (χ4n) is 8.48. The third-order valence-corrected chi connectivity index (χ3v) is 11.5. The normalized spacial score (nSPS) is 11.4. The van der Waals surface area contributed by atoms with Crippen molar-refractivity contribution in [3.8, 4) is 67.3 Å². The van der Waals surface area contributed by atoms with E-state index >= 15 is 0 Å². The van der Waals surface area contributed by atoms with Crippen LogP contribution >= 0.6 is 0 Å². The molecule has 1 aromatic heterocycles. The van der Waals surface area contributed by atoms with Crippen molar-refractivity contribution in [2.45, 2.75) is 0 Å². The molecule has 270 valence electrons. The van der Waals surface area contributed by atoms with Gasteiger partial charge in [0.2, 0.25) is 0 Å². The molecule has 2 heteroatoms. The Kier molecular flexibility index (Phi) is 8.19. The first-order chi connectivity index (χ1) is 28.7. The highest BCUT2D eigenvalue weighted by Crippen LogP contribution is 2.40. The minimum absolute atomic E-state index is 0.706. The number of hydrogen-bond donors (Lipinski definition) is 0. The van der Waals surface area contributed by atoms with Crippen molar-refractivity contribution in [1.82, 2.24) is 9.97 Å². The second kappa shape index (κ2) is 14.1. The van der Waals surface area contributed by atoms with E-state index in [4.69, 9.17) is 9.97 Å². The van der Waals surface area contributed by atoms with Gasteiger partial charge in [0.05, 0.1) is 11.4 Å². The van der Waals surface area contributed by atoms with Crippen LogP contribution in [-0.2, 0) is 0 Å². The molecule has 0 bridgehead atoms. The van der Waals surface area contributed by atoms with Gasteiger partial charge >= 0.3 is 0 Å². The second-order valence-corrected chi connectivity index (χ2v) is 15.0. The molecule has 2 nitrogen and oxygen atoms in total. The number of aromatic nitrogens is 2. The molecule has 0 N–H and O–H groups in total. The monoisotopic (exact) mass is 736 g/mol. The first kappa shape index (κ1) is 33.6. The molecule has 0 atom stereocenters. The van der Waals surface area contributed by atoms with Crippen molar-refractivity contribution in [1.29, 1.82) is 0 Å². The maximum Gasteiger partial charge on any atom is 0.160 e. The highest BCUT2D eigenvalue weighted by molar-refractivity contribution is 6.20. The molecule has 11 aromatic rings. The van der Waals surface area contributed by atoms with Crippen molar-refractivity contribution in [2.75, 3.05) is 0 Å². The van der Waals surface area contributed by atoms with Crippen LogP contribution in [0.5, 0.6) is 0 Å². The van der Waals surface area contributed by atoms with Gasteiger partial charge in [0, 0.05) is 16.7 Å². The maximum absolute atomic E-state index is 5.12. The number of hydrogen-bond acceptors (Lipinski definition) is 2. The lowest BCUT2D eigenvalue weighted by molar-refractivity contribution is 1.18. The summed E-state index contributed by atoms with van der Waals surface area (Å²) in [5.41, 5.74) is 12.0. The zero-order valence-electron chi connectivity index (χ0n) is 31.7. The molecule has 1 heterocycles. The van der Waals surface area contributed by atoms with E-state index in [1.165, 1.54) is 65.3 Å². The largest absolute Gasteiger partial charge is 0.228 e. The molecular formula is C56H36N2. The zero-order chi connectivity index (χ0) is 38.4. The minimum atomic E-state index is 0.706. The summed E-state index contributed by atoms with van der Waals surface area (Å²) in [6.07, 6.45) is 0. The third-order valence-electron chi connectivity index (χ3n) is 11.5. The van der Waals surface area contributed by atoms with Crippen LogP contribution in [0, 0.1) is 0 Å². The Hall–Kier alpha value is -7.68. The van der Waals surface area contributed by atoms with Crippen LogP contribution in [0.4, 0.5) is 0 Å². The van der Waals surface area contributed by atoms with Crippen molar-refractivity contribution < 1.29 is 0 Å². The van der Waals surface area contributed by atoms with Crippen LogP contribution in [0.3, 0.4) is 0 Å². The minimum Gasteiger partial charge on any atom is -0.228 e. The van der Waals surface area contributed by atoms with Gasteiger partial charge in [0.25, 0.3) is 0 Å². The van der Waals surface area contributed by atoms with Gasteiger partial charge in [-0.05, 0) is 101 Å². The lowest BCUT2D eigenvalue weighted by Gasteiger charge is -2.14. The second-order valence-electron chi connectivity index (χ2n) is 15.0. The summed E-state index contributed by atoms with van der Waals surface area (Å²) < 4.78 is 0. The molecular weight excluding hydrogens is 701 g/mol. The Bertz CT molecular complexity index is 3310. The highest BCUT2D eigenvalue weighted by atomic mass is 14.9. The summed E-state index contributed by atoms with van der Waals surface area (Å²) in [7, 11) is 0. The molecule has 58 heavy (non-hydrogen) atoms. The molecule has 0 aliphatic rings. The molecule has 10 aromatic carbocycles. The average molecular weight is 737 g/mol. The molecule has 0 spiro atoms. The van der Waals surface area contributed by atoms with Gasteiger partial charge in [-0.3, -0.25) is 0 Å². The van der Waals surface area contributed by atoms with Crippen LogP contribution in [0.2, 0.25) is 0 Å². The molecule has 0 aliphatic heterocycles. The van der Waals surface area contributed by atoms with Crippen LogP contribution in [0.25, 0.3) is 110 Å². The topological polar surface area (TPSA) is 25.8 Å². The van der Waals surface area contributed by atoms with Crippen LogP contribution < -0.4 is 0 Å². The van der Waals surface area contributed by atoms with E-state index < -0.39 is 0 Å². The maximum atomic E-state index is 5.12. The Morgan fingerprint density at radius 3 is 1.53 bits per heavy atom. The summed E-state index contributed by atoms with van der Waals surface area (Å²) in [6, 6.07) is 78.3. The highest BCUT2D eigenvalue weighted by Gasteiger charge is 2.14. The predicted octanol–water partition coefficient (Wildman–Crippen LogP) is 15.1.